The van der Waals surface area contributed by atoms with Gasteiger partial charge in [-0.05, 0) is 38.1 Å². The molecule has 0 saturated carbocycles. The highest BCUT2D eigenvalue weighted by atomic mass is 16.5. The standard InChI is InChI=1S/C18H37NO/c1-3-5-6-7-8-9-10-11-18(19-13-4-2)15-17-12-14-20-16-17/h17-19H,3-16H2,1-2H3. The molecule has 0 aromatic rings. The summed E-state index contributed by atoms with van der Waals surface area (Å²) in [6.45, 7) is 7.71. The molecule has 1 fully saturated rings. The van der Waals surface area contributed by atoms with Gasteiger partial charge >= 0.3 is 0 Å². The van der Waals surface area contributed by atoms with Gasteiger partial charge in [0.2, 0.25) is 0 Å². The molecule has 2 unspecified atom stereocenters. The van der Waals surface area contributed by atoms with Crippen LogP contribution in [-0.2, 0) is 4.74 Å². The largest absolute Gasteiger partial charge is 0.381 e. The van der Waals surface area contributed by atoms with Gasteiger partial charge in [0, 0.05) is 19.3 Å². The number of ether oxygens (including phenoxy) is 1. The number of hydrogen-bond donors (Lipinski definition) is 1. The highest BCUT2D eigenvalue weighted by Crippen LogP contribution is 2.21. The van der Waals surface area contributed by atoms with Crippen LogP contribution in [0.2, 0.25) is 0 Å². The molecule has 0 aliphatic carbocycles. The fraction of sp³-hybridized carbons (Fsp3) is 1.00. The third kappa shape index (κ3) is 8.97. The highest BCUT2D eigenvalue weighted by Gasteiger charge is 2.20. The van der Waals surface area contributed by atoms with E-state index in [1.54, 1.807) is 0 Å². The normalized spacial score (nSPS) is 20.4. The second-order valence-electron chi connectivity index (χ2n) is 6.53. The Hall–Kier alpha value is -0.0800. The van der Waals surface area contributed by atoms with Crippen molar-refractivity contribution in [3.05, 3.63) is 0 Å². The Balaban J connectivity index is 2.06. The Kier molecular flexibility index (Phi) is 11.4. The van der Waals surface area contributed by atoms with E-state index in [1.807, 2.05) is 0 Å². The third-order valence-corrected chi connectivity index (χ3v) is 4.48. The van der Waals surface area contributed by atoms with Crippen LogP contribution in [0.5, 0.6) is 0 Å². The summed E-state index contributed by atoms with van der Waals surface area (Å²) >= 11 is 0. The first-order chi connectivity index (χ1) is 9.86. The number of nitrogens with one attached hydrogen (secondary N) is 1. The summed E-state index contributed by atoms with van der Waals surface area (Å²) < 4.78 is 5.52. The zero-order valence-corrected chi connectivity index (χ0v) is 14.0. The van der Waals surface area contributed by atoms with Gasteiger partial charge in [0.25, 0.3) is 0 Å². The average Bonchev–Trinajstić information content (AvgIpc) is 2.96. The van der Waals surface area contributed by atoms with Crippen molar-refractivity contribution in [2.24, 2.45) is 5.92 Å². The number of unbranched alkanes of at least 4 members (excludes halogenated alkanes) is 6. The molecule has 0 aromatic heterocycles. The molecule has 0 aromatic carbocycles. The summed E-state index contributed by atoms with van der Waals surface area (Å²) in [4.78, 5) is 0. The van der Waals surface area contributed by atoms with Crippen molar-refractivity contribution in [1.29, 1.82) is 0 Å². The molecule has 1 aliphatic rings. The van der Waals surface area contributed by atoms with E-state index in [1.165, 1.54) is 77.2 Å². The molecule has 2 atom stereocenters. The molecular formula is C18H37NO. The van der Waals surface area contributed by atoms with E-state index < -0.39 is 0 Å². The molecular weight excluding hydrogens is 246 g/mol. The molecule has 1 heterocycles. The fourth-order valence-corrected chi connectivity index (χ4v) is 3.17. The van der Waals surface area contributed by atoms with Crippen LogP contribution in [0.1, 0.15) is 84.5 Å². The van der Waals surface area contributed by atoms with Crippen molar-refractivity contribution in [1.82, 2.24) is 5.32 Å². The van der Waals surface area contributed by atoms with Crippen LogP contribution in [0.15, 0.2) is 0 Å². The Bertz CT molecular complexity index is 202. The van der Waals surface area contributed by atoms with Crippen molar-refractivity contribution in [3.63, 3.8) is 0 Å². The highest BCUT2D eigenvalue weighted by molar-refractivity contribution is 4.74. The minimum absolute atomic E-state index is 0.734. The Morgan fingerprint density at radius 3 is 2.40 bits per heavy atom. The zero-order valence-electron chi connectivity index (χ0n) is 14.0. The second-order valence-corrected chi connectivity index (χ2v) is 6.53. The van der Waals surface area contributed by atoms with Crippen molar-refractivity contribution in [2.45, 2.75) is 90.5 Å². The predicted molar refractivity (Wildman–Crippen MR) is 88.2 cm³/mol. The van der Waals surface area contributed by atoms with E-state index in [0.717, 1.165) is 25.2 Å². The summed E-state index contributed by atoms with van der Waals surface area (Å²) in [5.74, 6) is 0.814. The van der Waals surface area contributed by atoms with Gasteiger partial charge in [0.05, 0.1) is 0 Å². The van der Waals surface area contributed by atoms with E-state index >= 15 is 0 Å². The molecule has 1 N–H and O–H groups in total. The van der Waals surface area contributed by atoms with Crippen LogP contribution < -0.4 is 5.32 Å². The smallest absolute Gasteiger partial charge is 0.0495 e. The maximum Gasteiger partial charge on any atom is 0.0495 e. The van der Waals surface area contributed by atoms with Crippen LogP contribution >= 0.6 is 0 Å². The fourth-order valence-electron chi connectivity index (χ4n) is 3.17. The quantitative estimate of drug-likeness (QED) is 0.484. The zero-order chi connectivity index (χ0) is 14.5. The minimum Gasteiger partial charge on any atom is -0.381 e. The molecule has 120 valence electrons. The van der Waals surface area contributed by atoms with Crippen molar-refractivity contribution < 1.29 is 4.74 Å². The molecule has 1 saturated heterocycles. The summed E-state index contributed by atoms with van der Waals surface area (Å²) in [6.07, 6.45) is 15.1. The lowest BCUT2D eigenvalue weighted by Gasteiger charge is -2.21. The molecule has 0 radical (unpaired) electrons. The third-order valence-electron chi connectivity index (χ3n) is 4.48. The van der Waals surface area contributed by atoms with Gasteiger partial charge in [0.15, 0.2) is 0 Å². The predicted octanol–water partition coefficient (Wildman–Crippen LogP) is 4.92. The first kappa shape index (κ1) is 18.0. The maximum atomic E-state index is 5.52. The Morgan fingerprint density at radius 2 is 1.75 bits per heavy atom. The molecule has 0 bridgehead atoms. The van der Waals surface area contributed by atoms with Crippen molar-refractivity contribution >= 4 is 0 Å². The van der Waals surface area contributed by atoms with Gasteiger partial charge in [-0.15, -0.1) is 0 Å². The van der Waals surface area contributed by atoms with E-state index in [-0.39, 0.29) is 0 Å². The van der Waals surface area contributed by atoms with E-state index in [9.17, 15) is 0 Å². The topological polar surface area (TPSA) is 21.3 Å². The lowest BCUT2D eigenvalue weighted by Crippen LogP contribution is -2.32. The SMILES string of the molecule is CCCCCCCCCC(CC1CCOC1)NCCC. The van der Waals surface area contributed by atoms with Crippen LogP contribution in [0, 0.1) is 5.92 Å². The maximum absolute atomic E-state index is 5.52. The lowest BCUT2D eigenvalue weighted by atomic mass is 9.95. The molecule has 1 rings (SSSR count). The first-order valence-electron chi connectivity index (χ1n) is 9.18. The molecule has 2 heteroatoms. The van der Waals surface area contributed by atoms with Gasteiger partial charge < -0.3 is 10.1 Å². The van der Waals surface area contributed by atoms with Crippen LogP contribution in [0.3, 0.4) is 0 Å². The minimum atomic E-state index is 0.734. The van der Waals surface area contributed by atoms with Gasteiger partial charge in [-0.2, -0.15) is 0 Å². The molecule has 2 nitrogen and oxygen atoms in total. The van der Waals surface area contributed by atoms with Gasteiger partial charge in [-0.1, -0.05) is 58.8 Å². The molecule has 0 amide bonds. The van der Waals surface area contributed by atoms with E-state index in [0.29, 0.717) is 0 Å². The van der Waals surface area contributed by atoms with Crippen LogP contribution in [0.25, 0.3) is 0 Å². The molecule has 20 heavy (non-hydrogen) atoms. The number of hydrogen-bond acceptors (Lipinski definition) is 2. The Labute approximate surface area is 127 Å². The average molecular weight is 284 g/mol. The Morgan fingerprint density at radius 1 is 1.00 bits per heavy atom. The van der Waals surface area contributed by atoms with Crippen LogP contribution in [-0.4, -0.2) is 25.8 Å². The van der Waals surface area contributed by atoms with Crippen molar-refractivity contribution in [3.8, 4) is 0 Å². The van der Waals surface area contributed by atoms with E-state index in [4.69, 9.17) is 4.74 Å². The van der Waals surface area contributed by atoms with E-state index in [2.05, 4.69) is 19.2 Å². The number of rotatable bonds is 13. The summed E-state index contributed by atoms with van der Waals surface area (Å²) in [6, 6.07) is 0.734. The van der Waals surface area contributed by atoms with Crippen LogP contribution in [0.4, 0.5) is 0 Å². The molecule has 1 aliphatic heterocycles. The second kappa shape index (κ2) is 12.6. The summed E-state index contributed by atoms with van der Waals surface area (Å²) in [5, 5.41) is 3.75. The van der Waals surface area contributed by atoms with Gasteiger partial charge in [-0.25, -0.2) is 0 Å². The van der Waals surface area contributed by atoms with Gasteiger partial charge in [0.1, 0.15) is 0 Å². The summed E-state index contributed by atoms with van der Waals surface area (Å²) in [5.41, 5.74) is 0. The monoisotopic (exact) mass is 283 g/mol. The lowest BCUT2D eigenvalue weighted by molar-refractivity contribution is 0.180. The molecule has 0 spiro atoms. The van der Waals surface area contributed by atoms with Crippen molar-refractivity contribution in [2.75, 3.05) is 19.8 Å². The van der Waals surface area contributed by atoms with Gasteiger partial charge in [-0.3, -0.25) is 0 Å². The first-order valence-corrected chi connectivity index (χ1v) is 9.18. The summed E-state index contributed by atoms with van der Waals surface area (Å²) in [7, 11) is 0.